The molecule has 0 atom stereocenters. The highest BCUT2D eigenvalue weighted by Crippen LogP contribution is 2.47. The van der Waals surface area contributed by atoms with Gasteiger partial charge in [-0.2, -0.15) is 0 Å². The summed E-state index contributed by atoms with van der Waals surface area (Å²) in [7, 11) is -0.628. The van der Waals surface area contributed by atoms with Crippen molar-refractivity contribution in [2.24, 2.45) is 5.41 Å². The number of sulfone groups is 1. The fraction of sp³-hybridized carbons (Fsp3) is 0.567. The molecule has 0 N–H and O–H groups in total. The van der Waals surface area contributed by atoms with E-state index >= 15 is 0 Å². The molecule has 0 unspecified atom stereocenters. The highest BCUT2D eigenvalue weighted by Gasteiger charge is 2.42. The second kappa shape index (κ2) is 12.8. The molecule has 210 valence electrons. The van der Waals surface area contributed by atoms with Gasteiger partial charge >= 0.3 is 5.97 Å². The molecule has 0 aromatic heterocycles. The molecule has 0 saturated carbocycles. The summed E-state index contributed by atoms with van der Waals surface area (Å²) in [5.74, 6) is 0.831. The van der Waals surface area contributed by atoms with E-state index in [2.05, 4.69) is 18.7 Å². The summed E-state index contributed by atoms with van der Waals surface area (Å²) in [4.78, 5) is 14.8. The molecule has 0 fully saturated rings. The first-order chi connectivity index (χ1) is 18.0. The number of methoxy groups -OCH3 is 2. The highest BCUT2D eigenvalue weighted by atomic mass is 32.2. The van der Waals surface area contributed by atoms with Crippen molar-refractivity contribution in [3.05, 3.63) is 48.0 Å². The van der Waals surface area contributed by atoms with Crippen LogP contribution in [0.1, 0.15) is 71.8 Å². The predicted molar refractivity (Wildman–Crippen MR) is 157 cm³/mol. The Kier molecular flexibility index (Phi) is 10.2. The Hall–Kier alpha value is -2.19. The van der Waals surface area contributed by atoms with Gasteiger partial charge in [-0.05, 0) is 44.9 Å². The second-order valence-electron chi connectivity index (χ2n) is 10.8. The number of fused-ring (bicyclic) bond motifs is 1. The fourth-order valence-corrected chi connectivity index (χ4v) is 8.33. The molecule has 2 aromatic carbocycles. The number of anilines is 2. The molecule has 3 rings (SSSR count). The van der Waals surface area contributed by atoms with E-state index in [-0.39, 0.29) is 17.1 Å². The molecule has 1 aliphatic rings. The number of para-hydroxylation sites is 1. The number of hydrogen-bond donors (Lipinski definition) is 0. The van der Waals surface area contributed by atoms with Crippen LogP contribution in [0.2, 0.25) is 0 Å². The highest BCUT2D eigenvalue weighted by molar-refractivity contribution is 8.00. The molecule has 0 amide bonds. The first-order valence-electron chi connectivity index (χ1n) is 13.5. The Labute approximate surface area is 233 Å². The summed E-state index contributed by atoms with van der Waals surface area (Å²) in [6.07, 6.45) is 5.77. The van der Waals surface area contributed by atoms with Gasteiger partial charge in [0.1, 0.15) is 10.5 Å². The van der Waals surface area contributed by atoms with Gasteiger partial charge in [-0.15, -0.1) is 11.8 Å². The molecular formula is C30H43NO5S2. The number of esters is 1. The minimum Gasteiger partial charge on any atom is -0.496 e. The van der Waals surface area contributed by atoms with E-state index in [4.69, 9.17) is 9.47 Å². The lowest BCUT2D eigenvalue weighted by molar-refractivity contribution is -0.142. The maximum atomic E-state index is 14.2. The Morgan fingerprint density at radius 2 is 1.68 bits per heavy atom. The van der Waals surface area contributed by atoms with E-state index in [1.807, 2.05) is 50.2 Å². The number of hydrogen-bond acceptors (Lipinski definition) is 7. The van der Waals surface area contributed by atoms with Gasteiger partial charge in [0, 0.05) is 35.0 Å². The maximum absolute atomic E-state index is 14.2. The van der Waals surface area contributed by atoms with E-state index in [0.717, 1.165) is 49.8 Å². The van der Waals surface area contributed by atoms with Gasteiger partial charge in [0.2, 0.25) is 0 Å². The largest absolute Gasteiger partial charge is 0.496 e. The number of ether oxygens (including phenoxy) is 2. The fourth-order valence-electron chi connectivity index (χ4n) is 5.23. The van der Waals surface area contributed by atoms with Crippen LogP contribution in [0.4, 0.5) is 11.4 Å². The molecule has 0 spiro atoms. The van der Waals surface area contributed by atoms with Gasteiger partial charge < -0.3 is 14.4 Å². The zero-order valence-corrected chi connectivity index (χ0v) is 25.3. The summed E-state index contributed by atoms with van der Waals surface area (Å²) in [6, 6.07) is 13.7. The number of unbranched alkanes of at least 4 members (excludes halogenated alkanes) is 2. The molecule has 1 heterocycles. The van der Waals surface area contributed by atoms with E-state index < -0.39 is 14.6 Å². The molecule has 38 heavy (non-hydrogen) atoms. The predicted octanol–water partition coefficient (Wildman–Crippen LogP) is 7.17. The summed E-state index contributed by atoms with van der Waals surface area (Å²) < 4.78 is 38.3. The topological polar surface area (TPSA) is 72.9 Å². The maximum Gasteiger partial charge on any atom is 0.321 e. The number of thioether (sulfide) groups is 1. The zero-order valence-electron chi connectivity index (χ0n) is 23.7. The summed E-state index contributed by atoms with van der Waals surface area (Å²) in [6.45, 7) is 8.57. The third kappa shape index (κ3) is 6.87. The van der Waals surface area contributed by atoms with Crippen LogP contribution in [0.25, 0.3) is 0 Å². The van der Waals surface area contributed by atoms with Crippen molar-refractivity contribution in [3.63, 3.8) is 0 Å². The van der Waals surface area contributed by atoms with Crippen molar-refractivity contribution in [1.82, 2.24) is 0 Å². The van der Waals surface area contributed by atoms with Crippen LogP contribution < -0.4 is 9.64 Å². The number of nitrogens with zero attached hydrogens (tertiary/aromatic N) is 1. The van der Waals surface area contributed by atoms with Crippen LogP contribution >= 0.6 is 11.8 Å². The molecule has 1 aliphatic heterocycles. The van der Waals surface area contributed by atoms with Crippen LogP contribution in [0.3, 0.4) is 0 Å². The minimum absolute atomic E-state index is 0.128. The summed E-state index contributed by atoms with van der Waals surface area (Å²) in [5, 5.41) is 0. The van der Waals surface area contributed by atoms with E-state index in [1.165, 1.54) is 18.9 Å². The van der Waals surface area contributed by atoms with Gasteiger partial charge in [0.05, 0.1) is 30.6 Å². The first kappa shape index (κ1) is 30.4. The third-order valence-electron chi connectivity index (χ3n) is 7.43. The quantitative estimate of drug-likeness (QED) is 0.254. The van der Waals surface area contributed by atoms with Crippen molar-refractivity contribution < 1.29 is 22.7 Å². The van der Waals surface area contributed by atoms with Crippen LogP contribution in [0, 0.1) is 5.41 Å². The smallest absolute Gasteiger partial charge is 0.321 e. The lowest BCUT2D eigenvalue weighted by Crippen LogP contribution is -2.38. The summed E-state index contributed by atoms with van der Waals surface area (Å²) >= 11 is 1.41. The normalized spacial score (nSPS) is 16.4. The number of rotatable bonds is 12. The van der Waals surface area contributed by atoms with Crippen molar-refractivity contribution in [2.75, 3.05) is 31.4 Å². The average Bonchev–Trinajstić information content (AvgIpc) is 3.00. The van der Waals surface area contributed by atoms with Crippen molar-refractivity contribution in [1.29, 1.82) is 0 Å². The Balaban J connectivity index is 2.18. The summed E-state index contributed by atoms with van der Waals surface area (Å²) in [5.41, 5.74) is 2.02. The monoisotopic (exact) mass is 561 g/mol. The molecule has 0 bridgehead atoms. The van der Waals surface area contributed by atoms with E-state index in [1.54, 1.807) is 13.2 Å². The molecule has 0 radical (unpaired) electrons. The van der Waals surface area contributed by atoms with Gasteiger partial charge in [-0.1, -0.05) is 57.7 Å². The van der Waals surface area contributed by atoms with Crippen molar-refractivity contribution in [2.45, 2.75) is 81.6 Å². The minimum atomic E-state index is -3.61. The van der Waals surface area contributed by atoms with Gasteiger partial charge in [0.15, 0.2) is 9.84 Å². The Morgan fingerprint density at radius 1 is 1.05 bits per heavy atom. The van der Waals surface area contributed by atoms with Gasteiger partial charge in [0.25, 0.3) is 0 Å². The van der Waals surface area contributed by atoms with Crippen LogP contribution in [0.15, 0.2) is 47.4 Å². The van der Waals surface area contributed by atoms with Crippen LogP contribution in [-0.4, -0.2) is 45.7 Å². The lowest BCUT2D eigenvalue weighted by atomic mass is 9.79. The molecule has 6 nitrogen and oxygen atoms in total. The Morgan fingerprint density at radius 3 is 2.24 bits per heavy atom. The van der Waals surface area contributed by atoms with Crippen LogP contribution in [0.5, 0.6) is 5.75 Å². The van der Waals surface area contributed by atoms with Crippen LogP contribution in [-0.2, 0) is 25.1 Å². The van der Waals surface area contributed by atoms with Crippen molar-refractivity contribution in [3.8, 4) is 5.75 Å². The molecule has 2 aromatic rings. The van der Waals surface area contributed by atoms with E-state index in [9.17, 15) is 13.2 Å². The number of carbonyl (C=O) groups excluding carboxylic acids is 1. The van der Waals surface area contributed by atoms with Gasteiger partial charge in [-0.3, -0.25) is 4.79 Å². The standard InChI is InChI=1S/C30H43NO5S2/c1-7-9-16-30(17-10-8-2)21-31(24-14-12-11-13-15-24)25-19-26(35-5)23(18-27(25)38(33,34)22-30)20-37-29(3,4)28(32)36-6/h11-15,18-19H,7-10,16-17,20-22H2,1-6H3. The molecular weight excluding hydrogens is 518 g/mol. The molecule has 0 saturated heterocycles. The second-order valence-corrected chi connectivity index (χ2v) is 14.4. The third-order valence-corrected chi connectivity index (χ3v) is 10.8. The van der Waals surface area contributed by atoms with Gasteiger partial charge in [-0.25, -0.2) is 8.42 Å². The Bertz CT molecular complexity index is 1190. The van der Waals surface area contributed by atoms with Crippen molar-refractivity contribution >= 4 is 38.9 Å². The van der Waals surface area contributed by atoms with E-state index in [0.29, 0.717) is 28.6 Å². The lowest BCUT2D eigenvalue weighted by Gasteiger charge is -2.37. The average molecular weight is 562 g/mol. The number of benzene rings is 2. The zero-order chi connectivity index (χ0) is 28.0. The molecule has 8 heteroatoms. The molecule has 0 aliphatic carbocycles. The number of carbonyl (C=O) groups is 1. The SMILES string of the molecule is CCCCC1(CCCC)CN(c2ccccc2)c2cc(OC)c(CSC(C)(C)C(=O)OC)cc2S(=O)(=O)C1. The first-order valence-corrected chi connectivity index (χ1v) is 16.1.